The van der Waals surface area contributed by atoms with Crippen molar-refractivity contribution in [2.75, 3.05) is 0 Å². The highest BCUT2D eigenvalue weighted by Crippen LogP contribution is 2.21. The minimum absolute atomic E-state index is 0.00177. The van der Waals surface area contributed by atoms with E-state index >= 15 is 0 Å². The molecule has 1 heterocycles. The SMILES string of the molecule is Cc1ccc(OCc2ccc(F)c(Cl)c2)c(CC(C)N)n1. The van der Waals surface area contributed by atoms with E-state index in [2.05, 4.69) is 4.98 Å². The fourth-order valence-corrected chi connectivity index (χ4v) is 2.17. The molecule has 0 amide bonds. The Morgan fingerprint density at radius 2 is 2.10 bits per heavy atom. The fraction of sp³-hybridized carbons (Fsp3) is 0.312. The average molecular weight is 309 g/mol. The Kier molecular flexibility index (Phi) is 5.15. The van der Waals surface area contributed by atoms with Gasteiger partial charge in [-0.05, 0) is 43.7 Å². The number of hydrogen-bond acceptors (Lipinski definition) is 3. The third-order valence-corrected chi connectivity index (χ3v) is 3.25. The molecule has 21 heavy (non-hydrogen) atoms. The summed E-state index contributed by atoms with van der Waals surface area (Å²) in [4.78, 5) is 4.47. The van der Waals surface area contributed by atoms with Crippen LogP contribution in [0.25, 0.3) is 0 Å². The van der Waals surface area contributed by atoms with E-state index in [1.54, 1.807) is 12.1 Å². The second kappa shape index (κ2) is 6.87. The summed E-state index contributed by atoms with van der Waals surface area (Å²) >= 11 is 5.76. The standard InChI is InChI=1S/C16H18ClFN2O/c1-10(19)7-15-16(6-3-11(2)20-15)21-9-12-4-5-14(18)13(17)8-12/h3-6,8,10H,7,9,19H2,1-2H3. The molecular weight excluding hydrogens is 291 g/mol. The number of aromatic nitrogens is 1. The first-order valence-corrected chi connectivity index (χ1v) is 7.12. The third-order valence-electron chi connectivity index (χ3n) is 2.97. The summed E-state index contributed by atoms with van der Waals surface area (Å²) in [5, 5.41) is 0.0916. The maximum atomic E-state index is 13.1. The Hall–Kier alpha value is -1.65. The van der Waals surface area contributed by atoms with Gasteiger partial charge in [-0.15, -0.1) is 0 Å². The van der Waals surface area contributed by atoms with Gasteiger partial charge in [0.25, 0.3) is 0 Å². The zero-order chi connectivity index (χ0) is 15.4. The molecule has 3 nitrogen and oxygen atoms in total. The van der Waals surface area contributed by atoms with Gasteiger partial charge in [0.2, 0.25) is 0 Å². The Morgan fingerprint density at radius 1 is 1.33 bits per heavy atom. The lowest BCUT2D eigenvalue weighted by Gasteiger charge is -2.13. The van der Waals surface area contributed by atoms with Crippen molar-refractivity contribution in [1.29, 1.82) is 0 Å². The van der Waals surface area contributed by atoms with Gasteiger partial charge in [0, 0.05) is 18.2 Å². The maximum Gasteiger partial charge on any atom is 0.141 e. The van der Waals surface area contributed by atoms with E-state index in [-0.39, 0.29) is 11.1 Å². The molecule has 1 aromatic heterocycles. The zero-order valence-electron chi connectivity index (χ0n) is 12.1. The molecular formula is C16H18ClFN2O. The van der Waals surface area contributed by atoms with E-state index in [1.165, 1.54) is 6.07 Å². The topological polar surface area (TPSA) is 48.1 Å². The molecule has 1 atom stereocenters. The van der Waals surface area contributed by atoms with Crippen LogP contribution in [0.15, 0.2) is 30.3 Å². The molecule has 2 rings (SSSR count). The predicted molar refractivity (Wildman–Crippen MR) is 82.1 cm³/mol. The highest BCUT2D eigenvalue weighted by Gasteiger charge is 2.09. The Morgan fingerprint density at radius 3 is 2.76 bits per heavy atom. The molecule has 0 aliphatic heterocycles. The third kappa shape index (κ3) is 4.41. The first-order valence-electron chi connectivity index (χ1n) is 6.74. The van der Waals surface area contributed by atoms with E-state index in [0.717, 1.165) is 17.0 Å². The van der Waals surface area contributed by atoms with Crippen LogP contribution in [0.4, 0.5) is 4.39 Å². The van der Waals surface area contributed by atoms with Crippen molar-refractivity contribution in [3.8, 4) is 5.75 Å². The van der Waals surface area contributed by atoms with Gasteiger partial charge in [-0.2, -0.15) is 0 Å². The van der Waals surface area contributed by atoms with Crippen molar-refractivity contribution in [3.05, 3.63) is 58.1 Å². The lowest BCUT2D eigenvalue weighted by atomic mass is 10.1. The molecule has 0 saturated heterocycles. The second-order valence-electron chi connectivity index (χ2n) is 5.12. The van der Waals surface area contributed by atoms with E-state index in [0.29, 0.717) is 18.8 Å². The minimum Gasteiger partial charge on any atom is -0.487 e. The largest absolute Gasteiger partial charge is 0.487 e. The van der Waals surface area contributed by atoms with Crippen LogP contribution in [0.5, 0.6) is 5.75 Å². The summed E-state index contributed by atoms with van der Waals surface area (Å²) in [7, 11) is 0. The fourth-order valence-electron chi connectivity index (χ4n) is 1.97. The molecule has 0 fully saturated rings. The Bertz CT molecular complexity index is 632. The van der Waals surface area contributed by atoms with E-state index in [1.807, 2.05) is 26.0 Å². The van der Waals surface area contributed by atoms with Crippen LogP contribution in [0.3, 0.4) is 0 Å². The second-order valence-corrected chi connectivity index (χ2v) is 5.52. The van der Waals surface area contributed by atoms with Crippen molar-refractivity contribution in [1.82, 2.24) is 4.98 Å². The smallest absolute Gasteiger partial charge is 0.141 e. The summed E-state index contributed by atoms with van der Waals surface area (Å²) in [6.07, 6.45) is 0.640. The number of nitrogens with zero attached hydrogens (tertiary/aromatic N) is 1. The number of pyridine rings is 1. The van der Waals surface area contributed by atoms with E-state index in [9.17, 15) is 4.39 Å². The van der Waals surface area contributed by atoms with Crippen molar-refractivity contribution in [2.24, 2.45) is 5.73 Å². The number of hydrogen-bond donors (Lipinski definition) is 1. The van der Waals surface area contributed by atoms with Gasteiger partial charge in [0.1, 0.15) is 18.2 Å². The highest BCUT2D eigenvalue weighted by atomic mass is 35.5. The van der Waals surface area contributed by atoms with Gasteiger partial charge < -0.3 is 10.5 Å². The molecule has 112 valence electrons. The quantitative estimate of drug-likeness (QED) is 0.917. The van der Waals surface area contributed by atoms with Crippen LogP contribution in [0.2, 0.25) is 5.02 Å². The molecule has 0 bridgehead atoms. The van der Waals surface area contributed by atoms with Crippen molar-refractivity contribution < 1.29 is 9.13 Å². The molecule has 0 aliphatic rings. The number of ether oxygens (including phenoxy) is 1. The van der Waals surface area contributed by atoms with Gasteiger partial charge in [-0.25, -0.2) is 4.39 Å². The molecule has 2 aromatic rings. The van der Waals surface area contributed by atoms with E-state index in [4.69, 9.17) is 22.1 Å². The summed E-state index contributed by atoms with van der Waals surface area (Å²) in [6.45, 7) is 4.15. The summed E-state index contributed by atoms with van der Waals surface area (Å²) in [6, 6.07) is 8.31. The van der Waals surface area contributed by atoms with E-state index < -0.39 is 5.82 Å². The van der Waals surface area contributed by atoms with Gasteiger partial charge in [-0.1, -0.05) is 17.7 Å². The van der Waals surface area contributed by atoms with Crippen LogP contribution in [0, 0.1) is 12.7 Å². The van der Waals surface area contributed by atoms with Crippen LogP contribution in [0.1, 0.15) is 23.9 Å². The number of benzene rings is 1. The van der Waals surface area contributed by atoms with Crippen molar-refractivity contribution >= 4 is 11.6 Å². The van der Waals surface area contributed by atoms with Gasteiger partial charge in [-0.3, -0.25) is 4.98 Å². The average Bonchev–Trinajstić information content (AvgIpc) is 2.41. The van der Waals surface area contributed by atoms with Crippen LogP contribution in [-0.4, -0.2) is 11.0 Å². The summed E-state index contributed by atoms with van der Waals surface area (Å²) < 4.78 is 18.9. The number of aryl methyl sites for hydroxylation is 1. The molecule has 0 spiro atoms. The zero-order valence-corrected chi connectivity index (χ0v) is 12.8. The van der Waals surface area contributed by atoms with Crippen LogP contribution >= 0.6 is 11.6 Å². The van der Waals surface area contributed by atoms with Gasteiger partial charge in [0.15, 0.2) is 0 Å². The first-order chi connectivity index (χ1) is 9.95. The predicted octanol–water partition coefficient (Wildman–Crippen LogP) is 3.65. The number of rotatable bonds is 5. The molecule has 2 N–H and O–H groups in total. The van der Waals surface area contributed by atoms with Gasteiger partial charge >= 0.3 is 0 Å². The normalized spacial score (nSPS) is 12.2. The monoisotopic (exact) mass is 308 g/mol. The molecule has 0 saturated carbocycles. The molecule has 0 radical (unpaired) electrons. The number of halogens is 2. The Balaban J connectivity index is 2.13. The molecule has 5 heteroatoms. The first kappa shape index (κ1) is 15.7. The highest BCUT2D eigenvalue weighted by molar-refractivity contribution is 6.30. The Labute approximate surface area is 128 Å². The summed E-state index contributed by atoms with van der Waals surface area (Å²) in [5.74, 6) is 0.258. The lowest BCUT2D eigenvalue weighted by Crippen LogP contribution is -2.19. The van der Waals surface area contributed by atoms with Crippen molar-refractivity contribution in [2.45, 2.75) is 32.9 Å². The minimum atomic E-state index is -0.435. The van der Waals surface area contributed by atoms with Gasteiger partial charge in [0.05, 0.1) is 10.7 Å². The molecule has 1 aromatic carbocycles. The lowest BCUT2D eigenvalue weighted by molar-refractivity contribution is 0.300. The molecule has 0 aliphatic carbocycles. The molecule has 1 unspecified atom stereocenters. The number of nitrogens with two attached hydrogens (primary N) is 1. The van der Waals surface area contributed by atoms with Crippen LogP contribution in [-0.2, 0) is 13.0 Å². The maximum absolute atomic E-state index is 13.1. The summed E-state index contributed by atoms with van der Waals surface area (Å²) in [5.41, 5.74) is 8.38. The van der Waals surface area contributed by atoms with Crippen LogP contribution < -0.4 is 10.5 Å². The van der Waals surface area contributed by atoms with Crippen molar-refractivity contribution in [3.63, 3.8) is 0 Å².